The summed E-state index contributed by atoms with van der Waals surface area (Å²) in [5, 5.41) is 2.82. The van der Waals surface area contributed by atoms with Crippen molar-refractivity contribution >= 4 is 22.5 Å². The molecule has 0 atom stereocenters. The Labute approximate surface area is 121 Å². The number of nitrogens with one attached hydrogen (secondary N) is 1. The number of anilines is 1. The summed E-state index contributed by atoms with van der Waals surface area (Å²) in [6.07, 6.45) is -3.51. The molecule has 3 N–H and O–H groups in total. The lowest BCUT2D eigenvalue weighted by Gasteiger charge is -2.24. The van der Waals surface area contributed by atoms with Crippen LogP contribution in [0.4, 0.5) is 19.0 Å². The largest absolute Gasteiger partial charge is 0.433 e. The molecule has 9 heteroatoms. The van der Waals surface area contributed by atoms with Gasteiger partial charge < -0.3 is 11.1 Å². The molecule has 0 saturated carbocycles. The van der Waals surface area contributed by atoms with Gasteiger partial charge in [-0.1, -0.05) is 0 Å². The van der Waals surface area contributed by atoms with Gasteiger partial charge in [-0.15, -0.1) is 0 Å². The van der Waals surface area contributed by atoms with Crippen molar-refractivity contribution in [2.24, 2.45) is 5.73 Å². The van der Waals surface area contributed by atoms with Crippen LogP contribution in [0.25, 0.3) is 0 Å². The van der Waals surface area contributed by atoms with Gasteiger partial charge in [0.15, 0.2) is 0 Å². The van der Waals surface area contributed by atoms with Gasteiger partial charge in [0, 0.05) is 28.3 Å². The quantitative estimate of drug-likeness (QED) is 0.884. The van der Waals surface area contributed by atoms with Crippen LogP contribution in [0.15, 0.2) is 12.1 Å². The number of halogens is 3. The van der Waals surface area contributed by atoms with Gasteiger partial charge in [-0.2, -0.15) is 13.2 Å². The molecule has 0 aromatic carbocycles. The predicted octanol–water partition coefficient (Wildman–Crippen LogP) is 1.52. The fraction of sp³-hybridized carbons (Fsp3) is 0.500. The number of alkyl halides is 3. The second-order valence-electron chi connectivity index (χ2n) is 4.72. The molecule has 1 aromatic rings. The third-order valence-corrected chi connectivity index (χ3v) is 4.56. The number of carbonyl (C=O) groups excluding carboxylic acids is 1. The molecule has 0 spiro atoms. The Bertz CT molecular complexity index is 567. The molecule has 0 aliphatic carbocycles. The summed E-state index contributed by atoms with van der Waals surface area (Å²) in [5.74, 6) is -0.0708. The van der Waals surface area contributed by atoms with Gasteiger partial charge in [0.1, 0.15) is 11.5 Å². The molecule has 1 saturated heterocycles. The number of nitrogens with zero attached hydrogens (tertiary/aromatic N) is 1. The van der Waals surface area contributed by atoms with Crippen molar-refractivity contribution in [2.75, 3.05) is 16.8 Å². The van der Waals surface area contributed by atoms with E-state index in [1.165, 1.54) is 0 Å². The van der Waals surface area contributed by atoms with Crippen LogP contribution in [0, 0.1) is 0 Å². The van der Waals surface area contributed by atoms with E-state index in [1.807, 2.05) is 0 Å². The minimum atomic E-state index is -4.60. The SMILES string of the molecule is NC(=O)c1ccc(C(F)(F)F)nc1NC1CCS(=O)CC1. The molecule has 2 rings (SSSR count). The first-order chi connectivity index (χ1) is 9.77. The number of hydrogen-bond acceptors (Lipinski definition) is 4. The van der Waals surface area contributed by atoms with Crippen LogP contribution in [0.2, 0.25) is 0 Å². The first kappa shape index (κ1) is 15.7. The number of primary amides is 1. The first-order valence-corrected chi connectivity index (χ1v) is 7.75. The van der Waals surface area contributed by atoms with Crippen molar-refractivity contribution in [3.63, 3.8) is 0 Å². The Kier molecular flexibility index (Phi) is 4.50. The van der Waals surface area contributed by atoms with E-state index < -0.39 is 28.6 Å². The zero-order valence-corrected chi connectivity index (χ0v) is 11.8. The summed E-state index contributed by atoms with van der Waals surface area (Å²) < 4.78 is 49.3. The highest BCUT2D eigenvalue weighted by Crippen LogP contribution is 2.30. The van der Waals surface area contributed by atoms with Gasteiger partial charge in [-0.25, -0.2) is 4.98 Å². The van der Waals surface area contributed by atoms with E-state index in [-0.39, 0.29) is 17.4 Å². The average molecular weight is 321 g/mol. The Morgan fingerprint density at radius 3 is 2.48 bits per heavy atom. The number of aromatic nitrogens is 1. The molecule has 0 unspecified atom stereocenters. The molecule has 21 heavy (non-hydrogen) atoms. The number of carbonyl (C=O) groups is 1. The molecule has 2 heterocycles. The predicted molar refractivity (Wildman–Crippen MR) is 72.3 cm³/mol. The lowest BCUT2D eigenvalue weighted by molar-refractivity contribution is -0.141. The molecule has 1 fully saturated rings. The molecule has 0 bridgehead atoms. The average Bonchev–Trinajstić information content (AvgIpc) is 2.40. The maximum Gasteiger partial charge on any atom is 0.433 e. The van der Waals surface area contributed by atoms with Gasteiger partial charge in [-0.05, 0) is 25.0 Å². The molecule has 1 aliphatic rings. The lowest BCUT2D eigenvalue weighted by atomic mass is 10.1. The summed E-state index contributed by atoms with van der Waals surface area (Å²) in [6, 6.07) is 1.57. The van der Waals surface area contributed by atoms with Gasteiger partial charge in [0.2, 0.25) is 0 Å². The van der Waals surface area contributed by atoms with E-state index in [1.54, 1.807) is 0 Å². The van der Waals surface area contributed by atoms with Crippen LogP contribution in [-0.2, 0) is 17.0 Å². The lowest BCUT2D eigenvalue weighted by Crippen LogP contribution is -2.31. The van der Waals surface area contributed by atoms with Crippen molar-refractivity contribution in [1.82, 2.24) is 4.98 Å². The highest BCUT2D eigenvalue weighted by Gasteiger charge is 2.33. The van der Waals surface area contributed by atoms with E-state index in [0.29, 0.717) is 24.3 Å². The summed E-state index contributed by atoms with van der Waals surface area (Å²) in [4.78, 5) is 14.8. The van der Waals surface area contributed by atoms with Crippen molar-refractivity contribution in [3.05, 3.63) is 23.4 Å². The van der Waals surface area contributed by atoms with Gasteiger partial charge >= 0.3 is 6.18 Å². The zero-order valence-electron chi connectivity index (χ0n) is 10.9. The van der Waals surface area contributed by atoms with Crippen LogP contribution >= 0.6 is 0 Å². The summed E-state index contributed by atoms with van der Waals surface area (Å²) in [5.41, 5.74) is 3.98. The highest BCUT2D eigenvalue weighted by molar-refractivity contribution is 7.85. The van der Waals surface area contributed by atoms with Crippen LogP contribution < -0.4 is 11.1 Å². The topological polar surface area (TPSA) is 85.1 Å². The van der Waals surface area contributed by atoms with E-state index >= 15 is 0 Å². The molecule has 5 nitrogen and oxygen atoms in total. The summed E-state index contributed by atoms with van der Waals surface area (Å²) in [6.45, 7) is 0. The Morgan fingerprint density at radius 2 is 1.95 bits per heavy atom. The first-order valence-electron chi connectivity index (χ1n) is 6.27. The number of nitrogens with two attached hydrogens (primary N) is 1. The van der Waals surface area contributed by atoms with Gasteiger partial charge in [-0.3, -0.25) is 9.00 Å². The normalized spacial score (nSPS) is 22.8. The summed E-state index contributed by atoms with van der Waals surface area (Å²) in [7, 11) is -0.884. The maximum atomic E-state index is 12.7. The molecule has 0 radical (unpaired) electrons. The molecular weight excluding hydrogens is 307 g/mol. The molecule has 1 aliphatic heterocycles. The van der Waals surface area contributed by atoms with E-state index in [0.717, 1.165) is 12.1 Å². The second kappa shape index (κ2) is 6.00. The molecule has 116 valence electrons. The van der Waals surface area contributed by atoms with Crippen LogP contribution in [-0.4, -0.2) is 32.6 Å². The third kappa shape index (κ3) is 3.93. The Hall–Kier alpha value is -1.64. The number of amides is 1. The highest BCUT2D eigenvalue weighted by atomic mass is 32.2. The van der Waals surface area contributed by atoms with Crippen LogP contribution in [0.3, 0.4) is 0 Å². The second-order valence-corrected chi connectivity index (χ2v) is 6.42. The van der Waals surface area contributed by atoms with Crippen molar-refractivity contribution < 1.29 is 22.2 Å². The van der Waals surface area contributed by atoms with Gasteiger partial charge in [0.05, 0.1) is 5.56 Å². The van der Waals surface area contributed by atoms with Crippen molar-refractivity contribution in [2.45, 2.75) is 25.1 Å². The van der Waals surface area contributed by atoms with E-state index in [4.69, 9.17) is 5.73 Å². The van der Waals surface area contributed by atoms with Crippen LogP contribution in [0.5, 0.6) is 0 Å². The van der Waals surface area contributed by atoms with E-state index in [2.05, 4.69) is 10.3 Å². The number of hydrogen-bond donors (Lipinski definition) is 2. The third-order valence-electron chi connectivity index (χ3n) is 3.18. The van der Waals surface area contributed by atoms with Gasteiger partial charge in [0.25, 0.3) is 5.91 Å². The maximum absolute atomic E-state index is 12.7. The molecular formula is C12H14F3N3O2S. The fourth-order valence-corrected chi connectivity index (χ4v) is 3.36. The monoisotopic (exact) mass is 321 g/mol. The van der Waals surface area contributed by atoms with Crippen molar-refractivity contribution in [1.29, 1.82) is 0 Å². The molecule has 1 aromatic heterocycles. The smallest absolute Gasteiger partial charge is 0.367 e. The van der Waals surface area contributed by atoms with Crippen molar-refractivity contribution in [3.8, 4) is 0 Å². The van der Waals surface area contributed by atoms with E-state index in [9.17, 15) is 22.2 Å². The fourth-order valence-electron chi connectivity index (χ4n) is 2.06. The number of pyridine rings is 1. The molecule has 1 amide bonds. The standard InChI is InChI=1S/C12H14F3N3O2S/c13-12(14,15)9-2-1-8(10(16)19)11(18-9)17-7-3-5-21(20)6-4-7/h1-2,7H,3-6H2,(H2,16,19)(H,17,18). The summed E-state index contributed by atoms with van der Waals surface area (Å²) >= 11 is 0. The minimum absolute atomic E-state index is 0.0882. The number of rotatable bonds is 3. The Balaban J connectivity index is 2.26. The minimum Gasteiger partial charge on any atom is -0.367 e. The zero-order chi connectivity index (χ0) is 15.6. The van der Waals surface area contributed by atoms with Crippen LogP contribution in [0.1, 0.15) is 28.9 Å². The Morgan fingerprint density at radius 1 is 1.33 bits per heavy atom.